The van der Waals surface area contributed by atoms with Crippen molar-refractivity contribution in [3.8, 4) is 0 Å². The quantitative estimate of drug-likeness (QED) is 0.730. The average molecular weight is 219 g/mol. The molecule has 0 radical (unpaired) electrons. The minimum atomic E-state index is -0.0909. The second kappa shape index (κ2) is 5.10. The Hall–Kier alpha value is -1.38. The second-order valence-corrected chi connectivity index (χ2v) is 4.13. The van der Waals surface area contributed by atoms with Crippen LogP contribution >= 0.6 is 0 Å². The average Bonchev–Trinajstić information content (AvgIpc) is 2.70. The number of esters is 1. The van der Waals surface area contributed by atoms with Crippen molar-refractivity contribution in [3.05, 3.63) is 29.6 Å². The molecule has 1 aliphatic rings. The van der Waals surface area contributed by atoms with E-state index in [2.05, 4.69) is 11.1 Å². The third kappa shape index (κ3) is 2.40. The molecule has 0 amide bonds. The maximum atomic E-state index is 11.3. The van der Waals surface area contributed by atoms with Gasteiger partial charge in [0.05, 0.1) is 6.61 Å². The number of carbonyl (C=O) groups is 1. The molecule has 0 fully saturated rings. The van der Waals surface area contributed by atoms with Crippen molar-refractivity contribution in [1.29, 1.82) is 0 Å². The number of hydrogen-bond donors (Lipinski definition) is 0. The van der Waals surface area contributed by atoms with Crippen LogP contribution in [0.4, 0.5) is 0 Å². The van der Waals surface area contributed by atoms with Crippen molar-refractivity contribution < 1.29 is 9.53 Å². The number of fused-ring (bicyclic) bond motifs is 1. The zero-order valence-electron chi connectivity index (χ0n) is 9.61. The number of aromatic nitrogens is 1. The maximum Gasteiger partial charge on any atom is 0.305 e. The van der Waals surface area contributed by atoms with Crippen LogP contribution in [-0.4, -0.2) is 17.6 Å². The molecule has 3 nitrogen and oxygen atoms in total. The molecule has 0 saturated carbocycles. The van der Waals surface area contributed by atoms with Gasteiger partial charge in [0.1, 0.15) is 0 Å². The summed E-state index contributed by atoms with van der Waals surface area (Å²) in [6, 6.07) is 4.11. The summed E-state index contributed by atoms with van der Waals surface area (Å²) >= 11 is 0. The van der Waals surface area contributed by atoms with Gasteiger partial charge in [-0.05, 0) is 37.8 Å². The summed E-state index contributed by atoms with van der Waals surface area (Å²) in [5, 5.41) is 0. The van der Waals surface area contributed by atoms with Gasteiger partial charge in [-0.2, -0.15) is 0 Å². The fourth-order valence-electron chi connectivity index (χ4n) is 2.30. The summed E-state index contributed by atoms with van der Waals surface area (Å²) in [5.41, 5.74) is 2.53. The van der Waals surface area contributed by atoms with Crippen LogP contribution in [0.2, 0.25) is 0 Å². The minimum absolute atomic E-state index is 0.0909. The summed E-state index contributed by atoms with van der Waals surface area (Å²) in [7, 11) is 0. The van der Waals surface area contributed by atoms with Crippen molar-refractivity contribution in [1.82, 2.24) is 4.98 Å². The number of ether oxygens (including phenoxy) is 1. The van der Waals surface area contributed by atoms with Gasteiger partial charge in [-0.1, -0.05) is 6.07 Å². The molecule has 2 rings (SSSR count). The van der Waals surface area contributed by atoms with E-state index < -0.39 is 0 Å². The summed E-state index contributed by atoms with van der Waals surface area (Å²) in [4.78, 5) is 15.7. The molecule has 0 N–H and O–H groups in total. The van der Waals surface area contributed by atoms with Crippen molar-refractivity contribution in [2.24, 2.45) is 0 Å². The van der Waals surface area contributed by atoms with E-state index in [0.717, 1.165) is 19.3 Å². The molecule has 3 heteroatoms. The highest BCUT2D eigenvalue weighted by Crippen LogP contribution is 2.34. The van der Waals surface area contributed by atoms with E-state index in [-0.39, 0.29) is 5.97 Å². The predicted octanol–water partition coefficient (Wildman–Crippen LogP) is 2.45. The Morgan fingerprint density at radius 1 is 1.62 bits per heavy atom. The highest BCUT2D eigenvalue weighted by Gasteiger charge is 2.23. The number of hydrogen-bond acceptors (Lipinski definition) is 3. The fourth-order valence-corrected chi connectivity index (χ4v) is 2.30. The highest BCUT2D eigenvalue weighted by atomic mass is 16.5. The van der Waals surface area contributed by atoms with Gasteiger partial charge in [-0.3, -0.25) is 9.78 Å². The predicted molar refractivity (Wildman–Crippen MR) is 61.2 cm³/mol. The van der Waals surface area contributed by atoms with Crippen LogP contribution in [0, 0.1) is 0 Å². The second-order valence-electron chi connectivity index (χ2n) is 4.13. The first-order valence-corrected chi connectivity index (χ1v) is 5.90. The number of pyridine rings is 1. The summed E-state index contributed by atoms with van der Waals surface area (Å²) < 4.78 is 4.93. The Bertz CT molecular complexity index is 376. The molecule has 0 bridgehead atoms. The molecule has 0 spiro atoms. The smallest absolute Gasteiger partial charge is 0.305 e. The molecule has 16 heavy (non-hydrogen) atoms. The molecule has 1 heterocycles. The lowest BCUT2D eigenvalue weighted by Gasteiger charge is -2.09. The largest absolute Gasteiger partial charge is 0.466 e. The van der Waals surface area contributed by atoms with Gasteiger partial charge in [0.2, 0.25) is 0 Å². The van der Waals surface area contributed by atoms with E-state index in [4.69, 9.17) is 4.74 Å². The molecular weight excluding hydrogens is 202 g/mol. The van der Waals surface area contributed by atoms with Crippen LogP contribution in [0.5, 0.6) is 0 Å². The van der Waals surface area contributed by atoms with Gasteiger partial charge in [0, 0.05) is 24.2 Å². The maximum absolute atomic E-state index is 11.3. The minimum Gasteiger partial charge on any atom is -0.466 e. The fraction of sp³-hybridized carbons (Fsp3) is 0.538. The Morgan fingerprint density at radius 2 is 2.50 bits per heavy atom. The zero-order chi connectivity index (χ0) is 11.4. The first kappa shape index (κ1) is 11.1. The van der Waals surface area contributed by atoms with Crippen molar-refractivity contribution in [3.63, 3.8) is 0 Å². The monoisotopic (exact) mass is 219 g/mol. The van der Waals surface area contributed by atoms with Crippen molar-refractivity contribution in [2.75, 3.05) is 6.61 Å². The van der Waals surface area contributed by atoms with Crippen LogP contribution in [0.3, 0.4) is 0 Å². The lowest BCUT2D eigenvalue weighted by Crippen LogP contribution is -2.06. The van der Waals surface area contributed by atoms with Crippen LogP contribution in [-0.2, 0) is 16.0 Å². The number of rotatable bonds is 4. The first-order chi connectivity index (χ1) is 7.81. The van der Waals surface area contributed by atoms with E-state index in [1.807, 2.05) is 19.2 Å². The zero-order valence-corrected chi connectivity index (χ0v) is 9.61. The Balaban J connectivity index is 1.91. The standard InChI is InChI=1S/C13H17NO2/c1-2-16-12(15)8-7-11-6-5-10-4-3-9-14-13(10)11/h3-4,9,11H,2,5-8H2,1H3. The molecule has 0 saturated heterocycles. The van der Waals surface area contributed by atoms with E-state index >= 15 is 0 Å². The molecular formula is C13H17NO2. The van der Waals surface area contributed by atoms with Gasteiger partial charge in [0.15, 0.2) is 0 Å². The molecule has 86 valence electrons. The van der Waals surface area contributed by atoms with Crippen LogP contribution < -0.4 is 0 Å². The lowest BCUT2D eigenvalue weighted by atomic mass is 10.0. The van der Waals surface area contributed by atoms with E-state index in [0.29, 0.717) is 18.9 Å². The number of aryl methyl sites for hydroxylation is 1. The molecule has 1 unspecified atom stereocenters. The Morgan fingerprint density at radius 3 is 3.31 bits per heavy atom. The molecule has 1 atom stereocenters. The van der Waals surface area contributed by atoms with Crippen LogP contribution in [0.15, 0.2) is 18.3 Å². The van der Waals surface area contributed by atoms with E-state index in [1.54, 1.807) is 0 Å². The third-order valence-electron chi connectivity index (χ3n) is 3.08. The van der Waals surface area contributed by atoms with Crippen molar-refractivity contribution in [2.45, 2.75) is 38.5 Å². The third-order valence-corrected chi connectivity index (χ3v) is 3.08. The summed E-state index contributed by atoms with van der Waals surface area (Å²) in [5.74, 6) is 0.354. The topological polar surface area (TPSA) is 39.2 Å². The van der Waals surface area contributed by atoms with Crippen LogP contribution in [0.1, 0.15) is 43.4 Å². The van der Waals surface area contributed by atoms with Gasteiger partial charge >= 0.3 is 5.97 Å². The van der Waals surface area contributed by atoms with Gasteiger partial charge in [-0.15, -0.1) is 0 Å². The van der Waals surface area contributed by atoms with Crippen molar-refractivity contribution >= 4 is 5.97 Å². The van der Waals surface area contributed by atoms with Gasteiger partial charge in [-0.25, -0.2) is 0 Å². The van der Waals surface area contributed by atoms with Crippen LogP contribution in [0.25, 0.3) is 0 Å². The number of nitrogens with zero attached hydrogens (tertiary/aromatic N) is 1. The Kier molecular flexibility index (Phi) is 3.54. The number of carbonyl (C=O) groups excluding carboxylic acids is 1. The van der Waals surface area contributed by atoms with Gasteiger partial charge in [0.25, 0.3) is 0 Å². The summed E-state index contributed by atoms with van der Waals surface area (Å²) in [6.07, 6.45) is 5.42. The molecule has 0 aliphatic heterocycles. The normalized spacial score (nSPS) is 18.2. The SMILES string of the molecule is CCOC(=O)CCC1CCc2cccnc21. The molecule has 1 aromatic rings. The lowest BCUT2D eigenvalue weighted by molar-refractivity contribution is -0.143. The first-order valence-electron chi connectivity index (χ1n) is 5.90. The summed E-state index contributed by atoms with van der Waals surface area (Å²) in [6.45, 7) is 2.31. The molecule has 1 aromatic heterocycles. The highest BCUT2D eigenvalue weighted by molar-refractivity contribution is 5.69. The Labute approximate surface area is 95.8 Å². The van der Waals surface area contributed by atoms with Gasteiger partial charge < -0.3 is 4.74 Å². The van der Waals surface area contributed by atoms with E-state index in [1.165, 1.54) is 11.3 Å². The molecule has 1 aliphatic carbocycles. The molecule has 0 aromatic carbocycles. The van der Waals surface area contributed by atoms with E-state index in [9.17, 15) is 4.79 Å².